The van der Waals surface area contributed by atoms with Crippen LogP contribution >= 0.6 is 46.1 Å². The zero-order chi connectivity index (χ0) is 17.5. The largest absolute Gasteiger partial charge is 0.343 e. The monoisotopic (exact) mass is 394 g/mol. The van der Waals surface area contributed by atoms with Gasteiger partial charge in [0.15, 0.2) is 3.79 Å². The van der Waals surface area contributed by atoms with Crippen LogP contribution in [0.1, 0.15) is 38.2 Å². The lowest BCUT2D eigenvalue weighted by Crippen LogP contribution is -2.30. The Labute approximate surface area is 156 Å². The average molecular weight is 396 g/mol. The van der Waals surface area contributed by atoms with Gasteiger partial charge in [-0.25, -0.2) is 4.98 Å². The van der Waals surface area contributed by atoms with E-state index in [-0.39, 0.29) is 23.8 Å². The van der Waals surface area contributed by atoms with Crippen LogP contribution in [0.2, 0.25) is 0 Å². The fourth-order valence-electron chi connectivity index (χ4n) is 1.74. The first-order chi connectivity index (χ1) is 10.7. The SMILES string of the molecule is CC(C)[C@@H](NC(=O)C=CC=CC[C@H](C)C(Cl)(Cl)Cl)c1nccs1. The standard InChI is InChI=1S/C16H21Cl3N2OS/c1-11(2)14(15-20-9-10-23-15)21-13(22)8-6-4-5-7-12(3)16(17,18)19/h4-6,8-12,14H,7H2,1-3H3,(H,21,22)/t12-,14+/m0/s1. The van der Waals surface area contributed by atoms with Crippen molar-refractivity contribution in [2.45, 2.75) is 37.0 Å². The smallest absolute Gasteiger partial charge is 0.244 e. The molecular formula is C16H21Cl3N2OS. The van der Waals surface area contributed by atoms with Crippen molar-refractivity contribution in [3.05, 3.63) is 40.9 Å². The van der Waals surface area contributed by atoms with Crippen molar-refractivity contribution < 1.29 is 4.79 Å². The number of halogens is 3. The van der Waals surface area contributed by atoms with E-state index in [0.29, 0.717) is 6.42 Å². The molecule has 0 bridgehead atoms. The highest BCUT2D eigenvalue weighted by Crippen LogP contribution is 2.36. The second-order valence-electron chi connectivity index (χ2n) is 5.57. The number of thiazole rings is 1. The van der Waals surface area contributed by atoms with Crippen LogP contribution in [0.5, 0.6) is 0 Å². The molecule has 0 aromatic carbocycles. The molecule has 7 heteroatoms. The number of rotatable bonds is 7. The molecule has 0 unspecified atom stereocenters. The molecule has 0 aliphatic heterocycles. The van der Waals surface area contributed by atoms with Gasteiger partial charge in [-0.1, -0.05) is 73.8 Å². The number of carbonyl (C=O) groups excluding carboxylic acids is 1. The predicted octanol–water partition coefficient (Wildman–Crippen LogP) is 5.47. The molecule has 2 atom stereocenters. The van der Waals surface area contributed by atoms with E-state index in [0.717, 1.165) is 5.01 Å². The molecule has 0 saturated carbocycles. The topological polar surface area (TPSA) is 42.0 Å². The molecule has 1 N–H and O–H groups in total. The van der Waals surface area contributed by atoms with Gasteiger partial charge in [-0.3, -0.25) is 4.79 Å². The Morgan fingerprint density at radius 1 is 1.35 bits per heavy atom. The summed E-state index contributed by atoms with van der Waals surface area (Å²) >= 11 is 18.9. The lowest BCUT2D eigenvalue weighted by atomic mass is 10.1. The van der Waals surface area contributed by atoms with Crippen LogP contribution in [0.15, 0.2) is 35.9 Å². The summed E-state index contributed by atoms with van der Waals surface area (Å²) in [5, 5.41) is 5.78. The van der Waals surface area contributed by atoms with Crippen LogP contribution in [0.4, 0.5) is 0 Å². The minimum Gasteiger partial charge on any atom is -0.343 e. The van der Waals surface area contributed by atoms with Crippen molar-refractivity contribution >= 4 is 52.0 Å². The molecule has 0 fully saturated rings. The fourth-order valence-corrected chi connectivity index (χ4v) is 2.87. The van der Waals surface area contributed by atoms with Crippen LogP contribution in [0.3, 0.4) is 0 Å². The number of amides is 1. The zero-order valence-electron chi connectivity index (χ0n) is 13.3. The maximum Gasteiger partial charge on any atom is 0.244 e. The van der Waals surface area contributed by atoms with Crippen LogP contribution < -0.4 is 5.32 Å². The lowest BCUT2D eigenvalue weighted by Gasteiger charge is -2.19. The van der Waals surface area contributed by atoms with Gasteiger partial charge in [-0.05, 0) is 12.3 Å². The molecule has 3 nitrogen and oxygen atoms in total. The highest BCUT2D eigenvalue weighted by molar-refractivity contribution is 7.09. The van der Waals surface area contributed by atoms with Gasteiger partial charge in [-0.2, -0.15) is 0 Å². The third kappa shape index (κ3) is 7.71. The second-order valence-corrected chi connectivity index (χ2v) is 8.86. The van der Waals surface area contributed by atoms with E-state index in [2.05, 4.69) is 10.3 Å². The summed E-state index contributed by atoms with van der Waals surface area (Å²) in [6.45, 7) is 5.96. The van der Waals surface area contributed by atoms with Gasteiger partial charge in [0.25, 0.3) is 0 Å². The molecule has 0 aliphatic carbocycles. The summed E-state index contributed by atoms with van der Waals surface area (Å²) in [4.78, 5) is 16.3. The van der Waals surface area contributed by atoms with Gasteiger partial charge in [0.2, 0.25) is 5.91 Å². The first-order valence-electron chi connectivity index (χ1n) is 7.31. The summed E-state index contributed by atoms with van der Waals surface area (Å²) in [5.41, 5.74) is 0. The minimum atomic E-state index is -1.27. The molecule has 1 aromatic rings. The zero-order valence-corrected chi connectivity index (χ0v) is 16.4. The Balaban J connectivity index is 2.49. The van der Waals surface area contributed by atoms with Gasteiger partial charge in [0.1, 0.15) is 5.01 Å². The van der Waals surface area contributed by atoms with Gasteiger partial charge < -0.3 is 5.32 Å². The van der Waals surface area contributed by atoms with Crippen molar-refractivity contribution in [1.82, 2.24) is 10.3 Å². The number of nitrogens with zero attached hydrogens (tertiary/aromatic N) is 1. The molecule has 0 radical (unpaired) electrons. The average Bonchev–Trinajstić information content (AvgIpc) is 2.96. The number of allylic oxidation sites excluding steroid dienone is 3. The first-order valence-corrected chi connectivity index (χ1v) is 9.33. The van der Waals surface area contributed by atoms with Gasteiger partial charge >= 0.3 is 0 Å². The maximum atomic E-state index is 12.0. The van der Waals surface area contributed by atoms with Crippen LogP contribution in [-0.4, -0.2) is 14.7 Å². The molecule has 1 heterocycles. The first kappa shape index (κ1) is 20.5. The molecule has 128 valence electrons. The predicted molar refractivity (Wildman–Crippen MR) is 100 cm³/mol. The van der Waals surface area contributed by atoms with Crippen molar-refractivity contribution in [2.24, 2.45) is 11.8 Å². The Kier molecular flexibility index (Phi) is 8.62. The second kappa shape index (κ2) is 9.67. The normalized spacial score (nSPS) is 15.4. The molecular weight excluding hydrogens is 375 g/mol. The summed E-state index contributed by atoms with van der Waals surface area (Å²) in [5.74, 6) is 0.0124. The molecule has 23 heavy (non-hydrogen) atoms. The van der Waals surface area contributed by atoms with E-state index in [1.807, 2.05) is 32.2 Å². The summed E-state index contributed by atoms with van der Waals surface area (Å²) in [6, 6.07) is -0.0829. The highest BCUT2D eigenvalue weighted by Gasteiger charge is 2.27. The number of aromatic nitrogens is 1. The molecule has 1 rings (SSSR count). The number of nitrogens with one attached hydrogen (secondary N) is 1. The van der Waals surface area contributed by atoms with E-state index in [1.165, 1.54) is 17.4 Å². The Hall–Kier alpha value is -0.550. The molecule has 1 aromatic heterocycles. The number of carbonyl (C=O) groups is 1. The summed E-state index contributed by atoms with van der Waals surface area (Å²) in [7, 11) is 0. The van der Waals surface area contributed by atoms with Gasteiger partial charge in [-0.15, -0.1) is 11.3 Å². The van der Waals surface area contributed by atoms with E-state index >= 15 is 0 Å². The van der Waals surface area contributed by atoms with Crippen molar-refractivity contribution in [3.8, 4) is 0 Å². The third-order valence-electron chi connectivity index (χ3n) is 3.23. The van der Waals surface area contributed by atoms with E-state index < -0.39 is 3.79 Å². The quantitative estimate of drug-likeness (QED) is 0.378. The fraction of sp³-hybridized carbons (Fsp3) is 0.500. The van der Waals surface area contributed by atoms with Gasteiger partial charge in [0, 0.05) is 23.6 Å². The molecule has 0 aliphatic rings. The lowest BCUT2D eigenvalue weighted by molar-refractivity contribution is -0.117. The van der Waals surface area contributed by atoms with E-state index in [4.69, 9.17) is 34.8 Å². The molecule has 0 saturated heterocycles. The summed E-state index contributed by atoms with van der Waals surface area (Å²) in [6.07, 6.45) is 9.18. The number of hydrogen-bond acceptors (Lipinski definition) is 3. The Morgan fingerprint density at radius 2 is 2.04 bits per heavy atom. The van der Waals surface area contributed by atoms with E-state index in [9.17, 15) is 4.79 Å². The minimum absolute atomic E-state index is 0.0829. The van der Waals surface area contributed by atoms with E-state index in [1.54, 1.807) is 18.3 Å². The van der Waals surface area contributed by atoms with Crippen molar-refractivity contribution in [1.29, 1.82) is 0 Å². The number of hydrogen-bond donors (Lipinski definition) is 1. The Morgan fingerprint density at radius 3 is 2.57 bits per heavy atom. The highest BCUT2D eigenvalue weighted by atomic mass is 35.6. The van der Waals surface area contributed by atoms with Crippen LogP contribution in [0, 0.1) is 11.8 Å². The summed E-state index contributed by atoms with van der Waals surface area (Å²) < 4.78 is -1.27. The van der Waals surface area contributed by atoms with Crippen molar-refractivity contribution in [3.63, 3.8) is 0 Å². The maximum absolute atomic E-state index is 12.0. The van der Waals surface area contributed by atoms with Crippen molar-refractivity contribution in [2.75, 3.05) is 0 Å². The Bertz CT molecular complexity index is 536. The van der Waals surface area contributed by atoms with Crippen LogP contribution in [0.25, 0.3) is 0 Å². The molecule has 0 spiro atoms. The third-order valence-corrected chi connectivity index (χ3v) is 5.20. The van der Waals surface area contributed by atoms with Crippen LogP contribution in [-0.2, 0) is 4.79 Å². The van der Waals surface area contributed by atoms with Gasteiger partial charge in [0.05, 0.1) is 6.04 Å². The molecule has 1 amide bonds. The number of alkyl halides is 3.